The number of nitrogens with zero attached hydrogens (tertiary/aromatic N) is 4. The summed E-state index contributed by atoms with van der Waals surface area (Å²) in [6.07, 6.45) is 1.71. The smallest absolute Gasteiger partial charge is 0.228 e. The van der Waals surface area contributed by atoms with Crippen LogP contribution < -0.4 is 9.64 Å². The van der Waals surface area contributed by atoms with E-state index in [4.69, 9.17) is 4.74 Å². The number of halogens is 2. The average Bonchev–Trinajstić information content (AvgIpc) is 2.59. The van der Waals surface area contributed by atoms with E-state index in [1.807, 2.05) is 6.07 Å². The molecule has 0 spiro atoms. The number of ether oxygens (including phenoxy) is 1. The summed E-state index contributed by atoms with van der Waals surface area (Å²) in [6.45, 7) is 4.20. The predicted octanol–water partition coefficient (Wildman–Crippen LogP) is 2.71. The number of methoxy groups -OCH3 is 1. The molecular weight excluding hydrogens is 363 g/mol. The molecule has 0 saturated carbocycles. The van der Waals surface area contributed by atoms with Crippen LogP contribution in [0.1, 0.15) is 5.56 Å². The first-order valence-electron chi connectivity index (χ1n) is 7.44. The van der Waals surface area contributed by atoms with Gasteiger partial charge >= 0.3 is 0 Å². The lowest BCUT2D eigenvalue weighted by molar-refractivity contribution is 0.248. The highest BCUT2D eigenvalue weighted by Crippen LogP contribution is 2.19. The van der Waals surface area contributed by atoms with Gasteiger partial charge in [0.15, 0.2) is 0 Å². The monoisotopic (exact) mass is 380 g/mol. The molecule has 3 rings (SSSR count). The van der Waals surface area contributed by atoms with Gasteiger partial charge in [-0.05, 0) is 33.6 Å². The number of aromatic nitrogens is 2. The summed E-state index contributed by atoms with van der Waals surface area (Å²) in [6, 6.07) is 7.03. The Morgan fingerprint density at radius 1 is 1.22 bits per heavy atom. The Morgan fingerprint density at radius 3 is 2.70 bits per heavy atom. The van der Waals surface area contributed by atoms with E-state index in [-0.39, 0.29) is 5.82 Å². The van der Waals surface area contributed by atoms with Gasteiger partial charge < -0.3 is 9.64 Å². The number of benzene rings is 1. The van der Waals surface area contributed by atoms with Crippen molar-refractivity contribution in [2.45, 2.75) is 6.54 Å². The molecule has 1 aromatic heterocycles. The molecule has 5 nitrogen and oxygen atoms in total. The minimum Gasteiger partial charge on any atom is -0.481 e. The molecule has 2 heterocycles. The third-order valence-corrected chi connectivity index (χ3v) is 4.51. The Morgan fingerprint density at radius 2 is 2.00 bits per heavy atom. The van der Waals surface area contributed by atoms with Crippen LogP contribution in [-0.2, 0) is 6.54 Å². The Hall–Kier alpha value is -1.73. The maximum Gasteiger partial charge on any atom is 0.228 e. The second-order valence-electron chi connectivity index (χ2n) is 5.41. The molecule has 0 unspecified atom stereocenters. The molecule has 7 heteroatoms. The number of anilines is 1. The molecule has 1 aromatic carbocycles. The van der Waals surface area contributed by atoms with Crippen molar-refractivity contribution in [2.75, 3.05) is 38.2 Å². The molecule has 0 N–H and O–H groups in total. The molecule has 0 atom stereocenters. The van der Waals surface area contributed by atoms with Gasteiger partial charge in [0, 0.05) is 45.0 Å². The summed E-state index contributed by atoms with van der Waals surface area (Å²) in [5.41, 5.74) is 0.983. The number of rotatable bonds is 4. The molecule has 2 aromatic rings. The Bertz CT molecular complexity index is 677. The second kappa shape index (κ2) is 7.23. The fourth-order valence-electron chi connectivity index (χ4n) is 2.60. The van der Waals surface area contributed by atoms with Gasteiger partial charge in [0.1, 0.15) is 5.82 Å². The SMILES string of the molecule is COc1ccnc(N2CCN(Cc3ccc(Br)c(F)c3)CC2)n1. The van der Waals surface area contributed by atoms with E-state index < -0.39 is 0 Å². The lowest BCUT2D eigenvalue weighted by Gasteiger charge is -2.34. The van der Waals surface area contributed by atoms with Crippen LogP contribution in [0.5, 0.6) is 5.88 Å². The van der Waals surface area contributed by atoms with Crippen LogP contribution in [-0.4, -0.2) is 48.2 Å². The van der Waals surface area contributed by atoms with Crippen molar-refractivity contribution in [3.05, 3.63) is 46.3 Å². The lowest BCUT2D eigenvalue weighted by Crippen LogP contribution is -2.46. The second-order valence-corrected chi connectivity index (χ2v) is 6.26. The molecule has 0 bridgehead atoms. The first kappa shape index (κ1) is 16.1. The lowest BCUT2D eigenvalue weighted by atomic mass is 10.2. The molecule has 1 fully saturated rings. The van der Waals surface area contributed by atoms with E-state index in [0.29, 0.717) is 16.3 Å². The Balaban J connectivity index is 1.58. The van der Waals surface area contributed by atoms with Crippen LogP contribution in [0.25, 0.3) is 0 Å². The highest BCUT2D eigenvalue weighted by atomic mass is 79.9. The molecule has 23 heavy (non-hydrogen) atoms. The van der Waals surface area contributed by atoms with E-state index in [9.17, 15) is 4.39 Å². The van der Waals surface area contributed by atoms with Gasteiger partial charge in [0.25, 0.3) is 0 Å². The molecule has 1 aliphatic heterocycles. The standard InChI is InChI=1S/C16H18BrFN4O/c1-23-15-4-5-19-16(20-15)22-8-6-21(7-9-22)11-12-2-3-13(17)14(18)10-12/h2-5,10H,6-9,11H2,1H3. The molecule has 122 valence electrons. The molecule has 1 saturated heterocycles. The largest absolute Gasteiger partial charge is 0.481 e. The first-order chi connectivity index (χ1) is 11.2. The van der Waals surface area contributed by atoms with E-state index in [0.717, 1.165) is 38.3 Å². The van der Waals surface area contributed by atoms with Crippen molar-refractivity contribution in [1.29, 1.82) is 0 Å². The van der Waals surface area contributed by atoms with Crippen LogP contribution in [0.2, 0.25) is 0 Å². The van der Waals surface area contributed by atoms with Gasteiger partial charge in [0.2, 0.25) is 11.8 Å². The fraction of sp³-hybridized carbons (Fsp3) is 0.375. The summed E-state index contributed by atoms with van der Waals surface area (Å²) in [5, 5.41) is 0. The Kier molecular flexibility index (Phi) is 5.07. The number of hydrogen-bond donors (Lipinski definition) is 0. The van der Waals surface area contributed by atoms with Crippen molar-refractivity contribution in [1.82, 2.24) is 14.9 Å². The zero-order valence-electron chi connectivity index (χ0n) is 12.9. The maximum atomic E-state index is 13.6. The van der Waals surface area contributed by atoms with Crippen LogP contribution >= 0.6 is 15.9 Å². The summed E-state index contributed by atoms with van der Waals surface area (Å²) in [5.74, 6) is 1.05. The molecule has 0 radical (unpaired) electrons. The zero-order valence-corrected chi connectivity index (χ0v) is 14.5. The third-order valence-electron chi connectivity index (χ3n) is 3.87. The van der Waals surface area contributed by atoms with Crippen molar-refractivity contribution in [3.63, 3.8) is 0 Å². The van der Waals surface area contributed by atoms with Crippen molar-refractivity contribution < 1.29 is 9.13 Å². The minimum atomic E-state index is -0.217. The number of hydrogen-bond acceptors (Lipinski definition) is 5. The van der Waals surface area contributed by atoms with Crippen LogP contribution in [0.3, 0.4) is 0 Å². The van der Waals surface area contributed by atoms with Crippen LogP contribution in [0.4, 0.5) is 10.3 Å². The summed E-state index contributed by atoms with van der Waals surface area (Å²) >= 11 is 3.18. The predicted molar refractivity (Wildman–Crippen MR) is 90.2 cm³/mol. The molecular formula is C16H18BrFN4O. The Labute approximate surface area is 143 Å². The topological polar surface area (TPSA) is 41.5 Å². The zero-order chi connectivity index (χ0) is 16.2. The molecule has 0 aliphatic carbocycles. The third kappa shape index (κ3) is 3.97. The molecule has 1 aliphatic rings. The summed E-state index contributed by atoms with van der Waals surface area (Å²) in [4.78, 5) is 13.1. The highest BCUT2D eigenvalue weighted by molar-refractivity contribution is 9.10. The van der Waals surface area contributed by atoms with Gasteiger partial charge in [-0.2, -0.15) is 4.98 Å². The van der Waals surface area contributed by atoms with E-state index in [1.165, 1.54) is 0 Å². The number of piperazine rings is 1. The molecule has 0 amide bonds. The normalized spacial score (nSPS) is 15.7. The minimum absolute atomic E-state index is 0.217. The van der Waals surface area contributed by atoms with E-state index >= 15 is 0 Å². The van der Waals surface area contributed by atoms with Gasteiger partial charge in [-0.1, -0.05) is 6.07 Å². The van der Waals surface area contributed by atoms with Crippen LogP contribution in [0.15, 0.2) is 34.9 Å². The van der Waals surface area contributed by atoms with Gasteiger partial charge in [-0.25, -0.2) is 9.37 Å². The van der Waals surface area contributed by atoms with Crippen LogP contribution in [0, 0.1) is 5.82 Å². The van der Waals surface area contributed by atoms with E-state index in [2.05, 4.69) is 35.7 Å². The van der Waals surface area contributed by atoms with Gasteiger partial charge in [0.05, 0.1) is 11.6 Å². The summed E-state index contributed by atoms with van der Waals surface area (Å²) in [7, 11) is 1.60. The average molecular weight is 381 g/mol. The van der Waals surface area contributed by atoms with Gasteiger partial charge in [-0.15, -0.1) is 0 Å². The highest BCUT2D eigenvalue weighted by Gasteiger charge is 2.19. The quantitative estimate of drug-likeness (QED) is 0.815. The first-order valence-corrected chi connectivity index (χ1v) is 8.23. The fourth-order valence-corrected chi connectivity index (χ4v) is 2.85. The maximum absolute atomic E-state index is 13.6. The van der Waals surface area contributed by atoms with Crippen molar-refractivity contribution in [3.8, 4) is 5.88 Å². The summed E-state index contributed by atoms with van der Waals surface area (Å²) < 4.78 is 19.2. The van der Waals surface area contributed by atoms with Crippen molar-refractivity contribution in [2.24, 2.45) is 0 Å². The van der Waals surface area contributed by atoms with Gasteiger partial charge in [-0.3, -0.25) is 4.90 Å². The van der Waals surface area contributed by atoms with E-state index in [1.54, 1.807) is 31.5 Å². The van der Waals surface area contributed by atoms with Crippen molar-refractivity contribution >= 4 is 21.9 Å².